The van der Waals surface area contributed by atoms with Gasteiger partial charge in [0.05, 0.1) is 35.7 Å². The maximum absolute atomic E-state index is 12.0. The molecule has 2 aromatic heterocycles. The monoisotopic (exact) mass is 459 g/mol. The number of ether oxygens (including phenoxy) is 2. The summed E-state index contributed by atoms with van der Waals surface area (Å²) in [5, 5.41) is 3.89. The van der Waals surface area contributed by atoms with Crippen molar-refractivity contribution in [3.05, 3.63) is 55.1 Å². The van der Waals surface area contributed by atoms with Crippen LogP contribution in [0.2, 0.25) is 0 Å². The van der Waals surface area contributed by atoms with Gasteiger partial charge < -0.3 is 18.5 Å². The van der Waals surface area contributed by atoms with Gasteiger partial charge in [0.15, 0.2) is 12.2 Å². The number of oxazole rings is 1. The Morgan fingerprint density at radius 2 is 2.00 bits per heavy atom. The highest BCUT2D eigenvalue weighted by atomic mass is 16.6. The fraction of sp³-hybridized carbons (Fsp3) is 0.333. The van der Waals surface area contributed by atoms with Crippen LogP contribution in [-0.4, -0.2) is 28.4 Å². The molecule has 0 unspecified atom stereocenters. The molecule has 0 radical (unpaired) electrons. The third kappa shape index (κ3) is 4.14. The molecule has 1 aliphatic rings. The zero-order valence-electron chi connectivity index (χ0n) is 19.7. The fourth-order valence-corrected chi connectivity index (χ4v) is 4.52. The first-order valence-corrected chi connectivity index (χ1v) is 11.8. The van der Waals surface area contributed by atoms with Crippen molar-refractivity contribution >= 4 is 22.7 Å². The summed E-state index contributed by atoms with van der Waals surface area (Å²) in [6, 6.07) is 14.5. The molecule has 2 aromatic carbocycles. The van der Waals surface area contributed by atoms with Crippen LogP contribution in [0.3, 0.4) is 0 Å². The van der Waals surface area contributed by atoms with Crippen LogP contribution in [0.5, 0.6) is 5.75 Å². The molecular weight excluding hydrogens is 430 g/mol. The minimum Gasteiger partial charge on any atom is -0.494 e. The molecule has 5 rings (SSSR count). The van der Waals surface area contributed by atoms with Gasteiger partial charge in [0.2, 0.25) is 0 Å². The van der Waals surface area contributed by atoms with Crippen LogP contribution < -0.4 is 10.1 Å². The van der Waals surface area contributed by atoms with Gasteiger partial charge in [-0.3, -0.25) is 5.32 Å². The van der Waals surface area contributed by atoms with Crippen LogP contribution in [0.15, 0.2) is 59.5 Å². The van der Waals surface area contributed by atoms with Crippen LogP contribution in [0, 0.1) is 0 Å². The van der Waals surface area contributed by atoms with Crippen LogP contribution in [-0.2, 0) is 4.74 Å². The Bertz CT molecular complexity index is 1290. The third-order valence-corrected chi connectivity index (χ3v) is 6.15. The molecule has 1 N–H and O–H groups in total. The first-order valence-electron chi connectivity index (χ1n) is 11.8. The summed E-state index contributed by atoms with van der Waals surface area (Å²) in [5.74, 6) is 1.58. The first-order chi connectivity index (χ1) is 16.5. The van der Waals surface area contributed by atoms with E-state index in [1.54, 1.807) is 6.20 Å². The van der Waals surface area contributed by atoms with E-state index in [0.29, 0.717) is 18.3 Å². The van der Waals surface area contributed by atoms with Crippen molar-refractivity contribution in [3.63, 3.8) is 0 Å². The van der Waals surface area contributed by atoms with Gasteiger partial charge >= 0.3 is 6.09 Å². The minimum atomic E-state index is -0.461. The highest BCUT2D eigenvalue weighted by molar-refractivity contribution is 6.04. The van der Waals surface area contributed by atoms with E-state index >= 15 is 0 Å². The van der Waals surface area contributed by atoms with Crippen molar-refractivity contribution in [3.8, 4) is 28.3 Å². The zero-order valence-corrected chi connectivity index (χ0v) is 19.7. The van der Waals surface area contributed by atoms with Crippen molar-refractivity contribution in [2.75, 3.05) is 11.9 Å². The molecule has 0 atom stereocenters. The largest absolute Gasteiger partial charge is 0.494 e. The molecule has 176 valence electrons. The molecule has 34 heavy (non-hydrogen) atoms. The van der Waals surface area contributed by atoms with Gasteiger partial charge in [-0.2, -0.15) is 0 Å². The fourth-order valence-electron chi connectivity index (χ4n) is 4.52. The molecule has 7 heteroatoms. The Hall–Kier alpha value is -3.74. The van der Waals surface area contributed by atoms with E-state index in [1.807, 2.05) is 51.1 Å². The van der Waals surface area contributed by atoms with E-state index < -0.39 is 6.09 Å². The lowest BCUT2D eigenvalue weighted by molar-refractivity contribution is 0.130. The number of anilines is 1. The molecule has 0 saturated heterocycles. The average Bonchev–Trinajstić information content (AvgIpc) is 3.39. The maximum Gasteiger partial charge on any atom is 0.411 e. The predicted octanol–water partition coefficient (Wildman–Crippen LogP) is 7.04. The van der Waals surface area contributed by atoms with E-state index in [2.05, 4.69) is 27.0 Å². The lowest BCUT2D eigenvalue weighted by Crippen LogP contribution is -2.18. The number of nitrogens with zero attached hydrogens (tertiary/aromatic N) is 2. The van der Waals surface area contributed by atoms with E-state index in [-0.39, 0.29) is 6.10 Å². The quantitative estimate of drug-likeness (QED) is 0.320. The number of benzene rings is 2. The van der Waals surface area contributed by atoms with Crippen molar-refractivity contribution < 1.29 is 18.7 Å². The summed E-state index contributed by atoms with van der Waals surface area (Å²) in [5.41, 5.74) is 4.94. The normalized spacial score (nSPS) is 13.8. The molecule has 0 aliphatic heterocycles. The summed E-state index contributed by atoms with van der Waals surface area (Å²) in [6.07, 6.45) is 6.07. The highest BCUT2D eigenvalue weighted by Crippen LogP contribution is 2.47. The summed E-state index contributed by atoms with van der Waals surface area (Å²) in [6.45, 7) is 6.26. The number of hydrogen-bond donors (Lipinski definition) is 1. The molecular formula is C27H29N3O4. The van der Waals surface area contributed by atoms with Crippen molar-refractivity contribution in [1.29, 1.82) is 0 Å². The zero-order chi connectivity index (χ0) is 23.7. The Labute approximate surface area is 198 Å². The number of amides is 1. The lowest BCUT2D eigenvalue weighted by atomic mass is 9.92. The highest BCUT2D eigenvalue weighted by Gasteiger charge is 2.29. The lowest BCUT2D eigenvalue weighted by Gasteiger charge is -2.30. The van der Waals surface area contributed by atoms with Gasteiger partial charge in [-0.25, -0.2) is 9.78 Å². The van der Waals surface area contributed by atoms with E-state index in [1.165, 1.54) is 12.8 Å². The standard InChI is InChI=1S/C27H29N3O4/c1-4-32-21-12-13-22-23(14-21)30(20-6-5-7-20)26(25(22)24-15-28-16-33-24)18-8-10-19(11-9-18)29-27(31)34-17(2)3/h8-17,20H,4-7H2,1-3H3,(H,29,31). The number of carbonyl (C=O) groups is 1. The van der Waals surface area contributed by atoms with Gasteiger partial charge in [-0.15, -0.1) is 0 Å². The maximum atomic E-state index is 12.0. The number of hydrogen-bond acceptors (Lipinski definition) is 5. The third-order valence-electron chi connectivity index (χ3n) is 6.15. The Kier molecular flexibility index (Phi) is 6.01. The van der Waals surface area contributed by atoms with Gasteiger partial charge in [-0.1, -0.05) is 12.1 Å². The summed E-state index contributed by atoms with van der Waals surface area (Å²) in [4.78, 5) is 16.2. The van der Waals surface area contributed by atoms with Gasteiger partial charge in [-0.05, 0) is 69.9 Å². The Morgan fingerprint density at radius 1 is 1.21 bits per heavy atom. The molecule has 1 saturated carbocycles. The van der Waals surface area contributed by atoms with Crippen LogP contribution in [0.1, 0.15) is 46.1 Å². The molecule has 7 nitrogen and oxygen atoms in total. The Balaban J connectivity index is 1.65. The van der Waals surface area contributed by atoms with Crippen molar-refractivity contribution in [2.24, 2.45) is 0 Å². The summed E-state index contributed by atoms with van der Waals surface area (Å²) < 4.78 is 19.2. The van der Waals surface area contributed by atoms with Crippen LogP contribution >= 0.6 is 0 Å². The second kappa shape index (κ2) is 9.25. The number of rotatable bonds is 7. The molecule has 2 heterocycles. The number of nitrogens with one attached hydrogen (secondary N) is 1. The Morgan fingerprint density at radius 3 is 2.62 bits per heavy atom. The second-order valence-electron chi connectivity index (χ2n) is 8.81. The van der Waals surface area contributed by atoms with Crippen LogP contribution in [0.4, 0.5) is 10.5 Å². The topological polar surface area (TPSA) is 78.5 Å². The number of fused-ring (bicyclic) bond motifs is 1. The van der Waals surface area contributed by atoms with E-state index in [9.17, 15) is 4.79 Å². The second-order valence-corrected chi connectivity index (χ2v) is 8.81. The minimum absolute atomic E-state index is 0.177. The molecule has 1 aliphatic carbocycles. The average molecular weight is 460 g/mol. The van der Waals surface area contributed by atoms with Gasteiger partial charge in [0, 0.05) is 23.2 Å². The molecule has 4 aromatic rings. The molecule has 1 fully saturated rings. The van der Waals surface area contributed by atoms with E-state index in [4.69, 9.17) is 13.9 Å². The van der Waals surface area contributed by atoms with Gasteiger partial charge in [0.25, 0.3) is 0 Å². The molecule has 1 amide bonds. The SMILES string of the molecule is CCOc1ccc2c(-c3cnco3)c(-c3ccc(NC(=O)OC(C)C)cc3)n(C3CCC3)c2c1. The first kappa shape index (κ1) is 22.1. The van der Waals surface area contributed by atoms with Crippen LogP contribution in [0.25, 0.3) is 33.5 Å². The van der Waals surface area contributed by atoms with Crippen molar-refractivity contribution in [2.45, 2.75) is 52.2 Å². The van der Waals surface area contributed by atoms with Crippen molar-refractivity contribution in [1.82, 2.24) is 9.55 Å². The number of carbonyl (C=O) groups excluding carboxylic acids is 1. The number of aromatic nitrogens is 2. The van der Waals surface area contributed by atoms with E-state index in [0.717, 1.165) is 52.1 Å². The smallest absolute Gasteiger partial charge is 0.411 e. The van der Waals surface area contributed by atoms with Gasteiger partial charge in [0.1, 0.15) is 5.75 Å². The predicted molar refractivity (Wildman–Crippen MR) is 132 cm³/mol. The molecule has 0 bridgehead atoms. The summed E-state index contributed by atoms with van der Waals surface area (Å²) >= 11 is 0. The molecule has 0 spiro atoms. The summed E-state index contributed by atoms with van der Waals surface area (Å²) in [7, 11) is 0.